The predicted octanol–water partition coefficient (Wildman–Crippen LogP) is 1.89. The molecule has 0 amide bonds. The molecular weight excluding hydrogens is 278 g/mol. The standard InChI is InChI=1S/C14H19NO4S/c1-10(11-4-5-11)15(2)20(17,18)13-8-6-12(7-9-13)14(16)19-3/h6-11H,4-5H2,1-3H3. The quantitative estimate of drug-likeness (QED) is 0.779. The molecule has 0 saturated heterocycles. The number of ether oxygens (including phenoxy) is 1. The summed E-state index contributed by atoms with van der Waals surface area (Å²) in [4.78, 5) is 11.5. The van der Waals surface area contributed by atoms with Crippen molar-refractivity contribution in [2.75, 3.05) is 14.2 Å². The first-order valence-electron chi connectivity index (χ1n) is 6.54. The maximum Gasteiger partial charge on any atom is 0.337 e. The van der Waals surface area contributed by atoms with Crippen molar-refractivity contribution in [1.82, 2.24) is 4.31 Å². The Morgan fingerprint density at radius 2 is 1.85 bits per heavy atom. The largest absolute Gasteiger partial charge is 0.465 e. The molecule has 1 saturated carbocycles. The Bertz CT molecular complexity index is 590. The lowest BCUT2D eigenvalue weighted by atomic mass is 10.2. The minimum atomic E-state index is -3.51. The Morgan fingerprint density at radius 3 is 2.30 bits per heavy atom. The van der Waals surface area contributed by atoms with Crippen molar-refractivity contribution >= 4 is 16.0 Å². The number of hydrogen-bond acceptors (Lipinski definition) is 4. The highest BCUT2D eigenvalue weighted by molar-refractivity contribution is 7.89. The molecule has 1 aromatic carbocycles. The van der Waals surface area contributed by atoms with Crippen LogP contribution in [0.5, 0.6) is 0 Å². The molecule has 110 valence electrons. The molecule has 0 N–H and O–H groups in total. The lowest BCUT2D eigenvalue weighted by molar-refractivity contribution is 0.0600. The molecule has 20 heavy (non-hydrogen) atoms. The Labute approximate surface area is 119 Å². The number of carbonyl (C=O) groups is 1. The van der Waals surface area contributed by atoms with Gasteiger partial charge in [0.1, 0.15) is 0 Å². The highest BCUT2D eigenvalue weighted by Crippen LogP contribution is 2.36. The maximum absolute atomic E-state index is 12.5. The highest BCUT2D eigenvalue weighted by atomic mass is 32.2. The summed E-state index contributed by atoms with van der Waals surface area (Å²) in [5, 5.41) is 0. The van der Waals surface area contributed by atoms with Gasteiger partial charge in [-0.15, -0.1) is 0 Å². The summed E-state index contributed by atoms with van der Waals surface area (Å²) in [6.45, 7) is 1.93. The van der Waals surface area contributed by atoms with E-state index in [1.807, 2.05) is 6.92 Å². The van der Waals surface area contributed by atoms with E-state index in [2.05, 4.69) is 4.74 Å². The van der Waals surface area contributed by atoms with E-state index in [0.29, 0.717) is 11.5 Å². The third-order valence-corrected chi connectivity index (χ3v) is 5.79. The number of sulfonamides is 1. The molecule has 2 rings (SSSR count). The molecule has 1 aliphatic rings. The summed E-state index contributed by atoms with van der Waals surface area (Å²) in [7, 11) is -0.618. The van der Waals surface area contributed by atoms with Gasteiger partial charge in [0.2, 0.25) is 10.0 Å². The molecule has 0 spiro atoms. The van der Waals surface area contributed by atoms with Crippen molar-refractivity contribution in [3.8, 4) is 0 Å². The molecule has 0 heterocycles. The fraction of sp³-hybridized carbons (Fsp3) is 0.500. The van der Waals surface area contributed by atoms with Crippen LogP contribution in [0, 0.1) is 5.92 Å². The van der Waals surface area contributed by atoms with Gasteiger partial charge in [-0.3, -0.25) is 0 Å². The van der Waals surface area contributed by atoms with Gasteiger partial charge in [0.15, 0.2) is 0 Å². The van der Waals surface area contributed by atoms with Crippen LogP contribution in [0.15, 0.2) is 29.2 Å². The van der Waals surface area contributed by atoms with E-state index in [1.165, 1.54) is 35.7 Å². The van der Waals surface area contributed by atoms with Crippen LogP contribution >= 0.6 is 0 Å². The maximum atomic E-state index is 12.5. The minimum Gasteiger partial charge on any atom is -0.465 e. The van der Waals surface area contributed by atoms with E-state index in [4.69, 9.17) is 0 Å². The predicted molar refractivity (Wildman–Crippen MR) is 74.9 cm³/mol. The van der Waals surface area contributed by atoms with Gasteiger partial charge < -0.3 is 4.74 Å². The van der Waals surface area contributed by atoms with Crippen LogP contribution < -0.4 is 0 Å². The molecule has 0 aromatic heterocycles. The van der Waals surface area contributed by atoms with Crippen LogP contribution in [0.1, 0.15) is 30.1 Å². The van der Waals surface area contributed by atoms with Gasteiger partial charge in [-0.25, -0.2) is 13.2 Å². The molecule has 5 nitrogen and oxygen atoms in total. The summed E-state index contributed by atoms with van der Waals surface area (Å²) in [6.07, 6.45) is 2.17. The third kappa shape index (κ3) is 2.86. The molecule has 1 atom stereocenters. The molecule has 0 aliphatic heterocycles. The normalized spacial score (nSPS) is 17.0. The lowest BCUT2D eigenvalue weighted by Crippen LogP contribution is -2.36. The van der Waals surface area contributed by atoms with Gasteiger partial charge in [-0.1, -0.05) is 0 Å². The van der Waals surface area contributed by atoms with Crippen LogP contribution in [-0.2, 0) is 14.8 Å². The monoisotopic (exact) mass is 297 g/mol. The summed E-state index contributed by atoms with van der Waals surface area (Å²) in [5.41, 5.74) is 0.337. The Kier molecular flexibility index (Phi) is 4.15. The number of rotatable bonds is 5. The molecule has 6 heteroatoms. The average Bonchev–Trinajstić information content (AvgIpc) is 3.29. The fourth-order valence-corrected chi connectivity index (χ4v) is 3.56. The van der Waals surface area contributed by atoms with Gasteiger partial charge in [-0.2, -0.15) is 4.31 Å². The van der Waals surface area contributed by atoms with Gasteiger partial charge in [0.05, 0.1) is 17.6 Å². The number of nitrogens with zero attached hydrogens (tertiary/aromatic N) is 1. The van der Waals surface area contributed by atoms with E-state index in [1.54, 1.807) is 7.05 Å². The zero-order valence-electron chi connectivity index (χ0n) is 11.9. The van der Waals surface area contributed by atoms with Gasteiger partial charge >= 0.3 is 5.97 Å². The third-order valence-electron chi connectivity index (χ3n) is 3.83. The molecule has 1 aliphatic carbocycles. The first kappa shape index (κ1) is 15.0. The number of esters is 1. The zero-order valence-corrected chi connectivity index (χ0v) is 12.7. The number of methoxy groups -OCH3 is 1. The van der Waals surface area contributed by atoms with Gasteiger partial charge in [0, 0.05) is 13.1 Å². The average molecular weight is 297 g/mol. The van der Waals surface area contributed by atoms with E-state index in [-0.39, 0.29) is 10.9 Å². The zero-order chi connectivity index (χ0) is 14.9. The molecular formula is C14H19NO4S. The summed E-state index contributed by atoms with van der Waals surface area (Å²) < 4.78 is 30.9. The molecule has 1 fully saturated rings. The SMILES string of the molecule is COC(=O)c1ccc(S(=O)(=O)N(C)C(C)C2CC2)cc1. The van der Waals surface area contributed by atoms with Crippen molar-refractivity contribution in [3.63, 3.8) is 0 Å². The Morgan fingerprint density at radius 1 is 1.30 bits per heavy atom. The van der Waals surface area contributed by atoms with Gasteiger partial charge in [-0.05, 0) is 49.9 Å². The topological polar surface area (TPSA) is 63.7 Å². The molecule has 1 aromatic rings. The van der Waals surface area contributed by atoms with Crippen molar-refractivity contribution < 1.29 is 17.9 Å². The summed E-state index contributed by atoms with van der Waals surface area (Å²) in [5.74, 6) is -0.0160. The summed E-state index contributed by atoms with van der Waals surface area (Å²) in [6, 6.07) is 5.82. The van der Waals surface area contributed by atoms with E-state index in [9.17, 15) is 13.2 Å². The molecule has 1 unspecified atom stereocenters. The van der Waals surface area contributed by atoms with Crippen LogP contribution in [0.25, 0.3) is 0 Å². The number of benzene rings is 1. The van der Waals surface area contributed by atoms with Crippen molar-refractivity contribution in [2.24, 2.45) is 5.92 Å². The Balaban J connectivity index is 2.22. The second-order valence-corrected chi connectivity index (χ2v) is 7.11. The Hall–Kier alpha value is -1.40. The lowest BCUT2D eigenvalue weighted by Gasteiger charge is -2.24. The van der Waals surface area contributed by atoms with Crippen LogP contribution in [0.4, 0.5) is 0 Å². The van der Waals surface area contributed by atoms with Crippen molar-refractivity contribution in [1.29, 1.82) is 0 Å². The minimum absolute atomic E-state index is 0.000263. The molecule has 0 radical (unpaired) electrons. The smallest absolute Gasteiger partial charge is 0.337 e. The van der Waals surface area contributed by atoms with E-state index < -0.39 is 16.0 Å². The van der Waals surface area contributed by atoms with Crippen molar-refractivity contribution in [2.45, 2.75) is 30.7 Å². The fourth-order valence-electron chi connectivity index (χ4n) is 2.14. The second kappa shape index (κ2) is 5.54. The highest BCUT2D eigenvalue weighted by Gasteiger charge is 2.35. The van der Waals surface area contributed by atoms with Crippen LogP contribution in [0.3, 0.4) is 0 Å². The van der Waals surface area contributed by atoms with Crippen molar-refractivity contribution in [3.05, 3.63) is 29.8 Å². The van der Waals surface area contributed by atoms with Crippen LogP contribution in [0.2, 0.25) is 0 Å². The summed E-state index contributed by atoms with van der Waals surface area (Å²) >= 11 is 0. The number of carbonyl (C=O) groups excluding carboxylic acids is 1. The van der Waals surface area contributed by atoms with E-state index >= 15 is 0 Å². The first-order chi connectivity index (χ1) is 9.37. The first-order valence-corrected chi connectivity index (χ1v) is 7.98. The van der Waals surface area contributed by atoms with E-state index in [0.717, 1.165) is 12.8 Å². The second-order valence-electron chi connectivity index (χ2n) is 5.12. The van der Waals surface area contributed by atoms with Crippen LogP contribution in [-0.4, -0.2) is 38.9 Å². The molecule has 0 bridgehead atoms. The van der Waals surface area contributed by atoms with Gasteiger partial charge in [0.25, 0.3) is 0 Å². The number of hydrogen-bond donors (Lipinski definition) is 0.